The smallest absolute Gasteiger partial charge is 0.337 e. The van der Waals surface area contributed by atoms with Crippen molar-refractivity contribution in [1.82, 2.24) is 5.32 Å². The van der Waals surface area contributed by atoms with Crippen LogP contribution in [0.2, 0.25) is 0 Å². The first-order valence-electron chi connectivity index (χ1n) is 11.3. The summed E-state index contributed by atoms with van der Waals surface area (Å²) in [7, 11) is 1.33. The molecule has 2 aliphatic rings. The summed E-state index contributed by atoms with van der Waals surface area (Å²) in [4.78, 5) is 38.6. The number of Topliss-reactive ketones (excluding diaryl/α,β-unsaturated/α-hetero) is 1. The molecule has 4 rings (SSSR count). The second-order valence-corrected chi connectivity index (χ2v) is 9.61. The first-order chi connectivity index (χ1) is 16.2. The minimum absolute atomic E-state index is 0.0154. The van der Waals surface area contributed by atoms with Crippen molar-refractivity contribution in [3.8, 4) is 0 Å². The van der Waals surface area contributed by atoms with Crippen LogP contribution in [0, 0.1) is 5.41 Å². The highest BCUT2D eigenvalue weighted by Gasteiger charge is 2.43. The zero-order chi connectivity index (χ0) is 24.5. The van der Waals surface area contributed by atoms with Gasteiger partial charge in [-0.2, -0.15) is 0 Å². The second kappa shape index (κ2) is 9.29. The fourth-order valence-electron chi connectivity index (χ4n) is 4.77. The maximum atomic E-state index is 13.4. The Morgan fingerprint density at radius 2 is 1.68 bits per heavy atom. The van der Waals surface area contributed by atoms with E-state index in [2.05, 4.69) is 19.2 Å². The van der Waals surface area contributed by atoms with Gasteiger partial charge in [0.25, 0.3) is 0 Å². The summed E-state index contributed by atoms with van der Waals surface area (Å²) >= 11 is 0. The topological polar surface area (TPSA) is 81.7 Å². The fourth-order valence-corrected chi connectivity index (χ4v) is 4.77. The molecule has 6 nitrogen and oxygen atoms in total. The highest BCUT2D eigenvalue weighted by atomic mass is 16.5. The van der Waals surface area contributed by atoms with Gasteiger partial charge < -0.3 is 14.8 Å². The number of rotatable bonds is 5. The molecule has 0 aromatic heterocycles. The third kappa shape index (κ3) is 4.67. The Balaban J connectivity index is 1.74. The van der Waals surface area contributed by atoms with E-state index in [1.165, 1.54) is 7.11 Å². The number of nitrogens with one attached hydrogen (secondary N) is 1. The van der Waals surface area contributed by atoms with Gasteiger partial charge in [0.2, 0.25) is 0 Å². The Bertz CT molecular complexity index is 1190. The summed E-state index contributed by atoms with van der Waals surface area (Å²) in [6, 6.07) is 16.3. The minimum atomic E-state index is -0.574. The van der Waals surface area contributed by atoms with Crippen molar-refractivity contribution >= 4 is 17.7 Å². The molecule has 0 saturated heterocycles. The molecule has 1 aliphatic carbocycles. The zero-order valence-corrected chi connectivity index (χ0v) is 19.9. The summed E-state index contributed by atoms with van der Waals surface area (Å²) in [5.74, 6) is -1.47. The molecule has 1 heterocycles. The molecule has 2 aromatic rings. The first-order valence-corrected chi connectivity index (χ1v) is 11.3. The number of benzene rings is 2. The van der Waals surface area contributed by atoms with Crippen LogP contribution < -0.4 is 5.32 Å². The number of carbonyl (C=O) groups excluding carboxylic acids is 3. The molecule has 1 aliphatic heterocycles. The van der Waals surface area contributed by atoms with Gasteiger partial charge in [-0.1, -0.05) is 56.3 Å². The number of ketones is 1. The third-order valence-corrected chi connectivity index (χ3v) is 6.34. The molecule has 1 atom stereocenters. The second-order valence-electron chi connectivity index (χ2n) is 9.61. The highest BCUT2D eigenvalue weighted by molar-refractivity contribution is 6.04. The number of methoxy groups -OCH3 is 1. The summed E-state index contributed by atoms with van der Waals surface area (Å²) in [5.41, 5.74) is 4.39. The summed E-state index contributed by atoms with van der Waals surface area (Å²) in [5, 5.41) is 3.34. The lowest BCUT2D eigenvalue weighted by molar-refractivity contribution is -0.140. The van der Waals surface area contributed by atoms with Crippen molar-refractivity contribution in [3.63, 3.8) is 0 Å². The molecule has 2 aromatic carbocycles. The summed E-state index contributed by atoms with van der Waals surface area (Å²) in [6.45, 7) is 6.11. The van der Waals surface area contributed by atoms with Crippen LogP contribution in [0.4, 0.5) is 0 Å². The lowest BCUT2D eigenvalue weighted by Gasteiger charge is -2.39. The van der Waals surface area contributed by atoms with E-state index in [0.29, 0.717) is 35.2 Å². The van der Waals surface area contributed by atoms with Crippen LogP contribution in [0.15, 0.2) is 77.1 Å². The number of esters is 2. The number of ether oxygens (including phenoxy) is 2. The molecule has 0 bridgehead atoms. The molecule has 0 saturated carbocycles. The van der Waals surface area contributed by atoms with Gasteiger partial charge in [0.1, 0.15) is 6.61 Å². The van der Waals surface area contributed by atoms with E-state index in [9.17, 15) is 14.4 Å². The van der Waals surface area contributed by atoms with E-state index in [0.717, 1.165) is 16.8 Å². The van der Waals surface area contributed by atoms with Gasteiger partial charge in [-0.25, -0.2) is 9.59 Å². The Kier molecular flexibility index (Phi) is 6.42. The Hall–Kier alpha value is -3.67. The monoisotopic (exact) mass is 459 g/mol. The molecule has 0 spiro atoms. The first kappa shape index (κ1) is 23.5. The van der Waals surface area contributed by atoms with E-state index in [4.69, 9.17) is 9.47 Å². The normalized spacial score (nSPS) is 19.3. The van der Waals surface area contributed by atoms with Crippen LogP contribution in [0.1, 0.15) is 61.0 Å². The molecule has 0 amide bonds. The van der Waals surface area contributed by atoms with E-state index >= 15 is 0 Å². The summed E-state index contributed by atoms with van der Waals surface area (Å²) < 4.78 is 10.5. The van der Waals surface area contributed by atoms with Crippen molar-refractivity contribution in [3.05, 3.63) is 93.8 Å². The zero-order valence-electron chi connectivity index (χ0n) is 19.9. The van der Waals surface area contributed by atoms with Gasteiger partial charge in [-0.15, -0.1) is 0 Å². The number of dihydropyridines is 1. The van der Waals surface area contributed by atoms with Crippen LogP contribution >= 0.6 is 0 Å². The molecule has 6 heteroatoms. The standard InChI is InChI=1S/C28H29NO5/c1-17-23(27(32)34-16-18-8-6-5-7-9-18)24(19-10-12-20(13-11-19)26(31)33-4)25-21(29-17)14-28(2,3)15-22(25)30/h5-13,24,29H,14-16H2,1-4H3. The SMILES string of the molecule is COC(=O)c1ccc(C2C(C(=O)OCc3ccccc3)=C(C)NC3=C2C(=O)CC(C)(C)C3)cc1. The maximum Gasteiger partial charge on any atom is 0.337 e. The van der Waals surface area contributed by atoms with Crippen molar-refractivity contribution < 1.29 is 23.9 Å². The van der Waals surface area contributed by atoms with Crippen LogP contribution in [0.25, 0.3) is 0 Å². The Labute approximate surface area is 199 Å². The van der Waals surface area contributed by atoms with Gasteiger partial charge in [-0.05, 0) is 42.0 Å². The van der Waals surface area contributed by atoms with Gasteiger partial charge in [0.05, 0.1) is 18.2 Å². The maximum absolute atomic E-state index is 13.4. The predicted molar refractivity (Wildman–Crippen MR) is 128 cm³/mol. The number of hydrogen-bond acceptors (Lipinski definition) is 6. The van der Waals surface area contributed by atoms with Crippen molar-refractivity contribution in [2.45, 2.75) is 46.1 Å². The van der Waals surface area contributed by atoms with Gasteiger partial charge in [0.15, 0.2) is 5.78 Å². The molecular weight excluding hydrogens is 430 g/mol. The average molecular weight is 460 g/mol. The number of allylic oxidation sites excluding steroid dienone is 3. The minimum Gasteiger partial charge on any atom is -0.465 e. The Morgan fingerprint density at radius 3 is 2.32 bits per heavy atom. The van der Waals surface area contributed by atoms with Crippen LogP contribution in [0.3, 0.4) is 0 Å². The number of hydrogen-bond donors (Lipinski definition) is 1. The summed E-state index contributed by atoms with van der Waals surface area (Å²) in [6.07, 6.45) is 1.10. The van der Waals surface area contributed by atoms with Crippen molar-refractivity contribution in [2.75, 3.05) is 7.11 Å². The quantitative estimate of drug-likeness (QED) is 0.646. The van der Waals surface area contributed by atoms with Crippen molar-refractivity contribution in [1.29, 1.82) is 0 Å². The largest absolute Gasteiger partial charge is 0.465 e. The van der Waals surface area contributed by atoms with Crippen LogP contribution in [-0.2, 0) is 25.7 Å². The molecule has 0 fully saturated rings. The number of carbonyl (C=O) groups is 3. The van der Waals surface area contributed by atoms with Gasteiger partial charge >= 0.3 is 11.9 Å². The van der Waals surface area contributed by atoms with Crippen LogP contribution in [0.5, 0.6) is 0 Å². The molecule has 1 N–H and O–H groups in total. The van der Waals surface area contributed by atoms with Gasteiger partial charge in [0, 0.05) is 29.3 Å². The van der Waals surface area contributed by atoms with Crippen molar-refractivity contribution in [2.24, 2.45) is 5.41 Å². The van der Waals surface area contributed by atoms with E-state index in [-0.39, 0.29) is 17.8 Å². The lowest BCUT2D eigenvalue weighted by Crippen LogP contribution is -2.38. The lowest BCUT2D eigenvalue weighted by atomic mass is 9.68. The molecule has 0 radical (unpaired) electrons. The van der Waals surface area contributed by atoms with Crippen LogP contribution in [-0.4, -0.2) is 24.8 Å². The van der Waals surface area contributed by atoms with E-state index < -0.39 is 17.9 Å². The average Bonchev–Trinajstić information content (AvgIpc) is 2.81. The van der Waals surface area contributed by atoms with E-state index in [1.54, 1.807) is 24.3 Å². The Morgan fingerprint density at radius 1 is 1.00 bits per heavy atom. The fraction of sp³-hybridized carbons (Fsp3) is 0.321. The molecule has 1 unspecified atom stereocenters. The predicted octanol–water partition coefficient (Wildman–Crippen LogP) is 4.82. The molecule has 176 valence electrons. The highest BCUT2D eigenvalue weighted by Crippen LogP contribution is 2.46. The van der Waals surface area contributed by atoms with E-state index in [1.807, 2.05) is 37.3 Å². The van der Waals surface area contributed by atoms with Gasteiger partial charge in [-0.3, -0.25) is 4.79 Å². The molecule has 34 heavy (non-hydrogen) atoms. The molecular formula is C28H29NO5. The third-order valence-electron chi connectivity index (χ3n) is 6.34.